The summed E-state index contributed by atoms with van der Waals surface area (Å²) in [4.78, 5) is 2.45. The van der Waals surface area contributed by atoms with Gasteiger partial charge in [-0.2, -0.15) is 0 Å². The smallest absolute Gasteiger partial charge is 0.0769 e. The lowest BCUT2D eigenvalue weighted by Gasteiger charge is -2.36. The van der Waals surface area contributed by atoms with Crippen LogP contribution in [0.3, 0.4) is 0 Å². The predicted molar refractivity (Wildman–Crippen MR) is 71.8 cm³/mol. The highest BCUT2D eigenvalue weighted by Gasteiger charge is 2.26. The van der Waals surface area contributed by atoms with Gasteiger partial charge in [-0.15, -0.1) is 0 Å². The molecule has 0 saturated heterocycles. The molecule has 1 N–H and O–H groups in total. The minimum atomic E-state index is -0.489. The highest BCUT2D eigenvalue weighted by molar-refractivity contribution is 4.81. The maximum absolute atomic E-state index is 10.4. The average Bonchev–Trinajstić information content (AvgIpc) is 2.33. The molecule has 0 fully saturated rings. The maximum Gasteiger partial charge on any atom is 0.0769 e. The van der Waals surface area contributed by atoms with Gasteiger partial charge in [0, 0.05) is 12.6 Å². The first-order chi connectivity index (χ1) is 7.52. The first kappa shape index (κ1) is 15.9. The number of rotatable bonds is 9. The van der Waals surface area contributed by atoms with E-state index in [0.29, 0.717) is 6.04 Å². The maximum atomic E-state index is 10.4. The monoisotopic (exact) mass is 229 g/mol. The van der Waals surface area contributed by atoms with Crippen LogP contribution < -0.4 is 0 Å². The Morgan fingerprint density at radius 3 is 2.06 bits per heavy atom. The minimum Gasteiger partial charge on any atom is -0.389 e. The fraction of sp³-hybridized carbons (Fsp3) is 1.00. The molecule has 0 aliphatic rings. The van der Waals surface area contributed by atoms with Gasteiger partial charge in [-0.05, 0) is 39.2 Å². The quantitative estimate of drug-likeness (QED) is 0.654. The summed E-state index contributed by atoms with van der Waals surface area (Å²) < 4.78 is 0. The SMILES string of the molecule is CCCCN(CC(O)(CC)CC)C(C)CC. The molecule has 98 valence electrons. The standard InChI is InChI=1S/C14H31NO/c1-6-10-11-15(13(5)7-2)12-14(16,8-3)9-4/h13,16H,6-12H2,1-5H3. The zero-order valence-electron chi connectivity index (χ0n) is 11.9. The normalized spacial score (nSPS) is 14.4. The van der Waals surface area contributed by atoms with Gasteiger partial charge in [0.2, 0.25) is 0 Å². The summed E-state index contributed by atoms with van der Waals surface area (Å²) in [5, 5.41) is 10.4. The van der Waals surface area contributed by atoms with E-state index in [1.165, 1.54) is 12.8 Å². The lowest BCUT2D eigenvalue weighted by Crippen LogP contribution is -2.46. The summed E-state index contributed by atoms with van der Waals surface area (Å²) >= 11 is 0. The van der Waals surface area contributed by atoms with Gasteiger partial charge in [0.1, 0.15) is 0 Å². The molecule has 1 atom stereocenters. The van der Waals surface area contributed by atoms with E-state index in [9.17, 15) is 5.11 Å². The summed E-state index contributed by atoms with van der Waals surface area (Å²) in [6.45, 7) is 12.8. The number of hydrogen-bond acceptors (Lipinski definition) is 2. The zero-order chi connectivity index (χ0) is 12.6. The van der Waals surface area contributed by atoms with Crippen LogP contribution in [0, 0.1) is 0 Å². The summed E-state index contributed by atoms with van der Waals surface area (Å²) in [6.07, 6.45) is 5.32. The molecule has 0 saturated carbocycles. The van der Waals surface area contributed by atoms with Crippen LogP contribution in [-0.2, 0) is 0 Å². The summed E-state index contributed by atoms with van der Waals surface area (Å²) in [6, 6.07) is 0.580. The van der Waals surface area contributed by atoms with Gasteiger partial charge in [-0.1, -0.05) is 34.1 Å². The van der Waals surface area contributed by atoms with E-state index >= 15 is 0 Å². The van der Waals surface area contributed by atoms with E-state index in [1.807, 2.05) is 0 Å². The van der Waals surface area contributed by atoms with Crippen molar-refractivity contribution in [2.45, 2.75) is 78.4 Å². The van der Waals surface area contributed by atoms with Crippen molar-refractivity contribution >= 4 is 0 Å². The van der Waals surface area contributed by atoms with Crippen molar-refractivity contribution in [3.05, 3.63) is 0 Å². The van der Waals surface area contributed by atoms with E-state index in [0.717, 1.165) is 32.4 Å². The Morgan fingerprint density at radius 1 is 1.12 bits per heavy atom. The van der Waals surface area contributed by atoms with Gasteiger partial charge in [0.15, 0.2) is 0 Å². The van der Waals surface area contributed by atoms with Crippen LogP contribution in [0.15, 0.2) is 0 Å². The average molecular weight is 229 g/mol. The van der Waals surface area contributed by atoms with Gasteiger partial charge in [-0.25, -0.2) is 0 Å². The second-order valence-electron chi connectivity index (χ2n) is 5.01. The third-order valence-corrected chi connectivity index (χ3v) is 3.83. The Morgan fingerprint density at radius 2 is 1.69 bits per heavy atom. The third kappa shape index (κ3) is 5.31. The molecule has 0 aromatic heterocycles. The third-order valence-electron chi connectivity index (χ3n) is 3.83. The molecule has 0 radical (unpaired) electrons. The molecular formula is C14H31NO. The fourth-order valence-corrected chi connectivity index (χ4v) is 1.93. The molecule has 0 amide bonds. The Hall–Kier alpha value is -0.0800. The molecule has 0 spiro atoms. The van der Waals surface area contributed by atoms with Crippen LogP contribution in [0.5, 0.6) is 0 Å². The van der Waals surface area contributed by atoms with Crippen molar-refractivity contribution < 1.29 is 5.11 Å². The minimum absolute atomic E-state index is 0.489. The van der Waals surface area contributed by atoms with Gasteiger partial charge >= 0.3 is 0 Å². The van der Waals surface area contributed by atoms with Crippen molar-refractivity contribution in [3.63, 3.8) is 0 Å². The van der Waals surface area contributed by atoms with E-state index in [1.54, 1.807) is 0 Å². The molecule has 1 unspecified atom stereocenters. The van der Waals surface area contributed by atoms with E-state index in [-0.39, 0.29) is 0 Å². The van der Waals surface area contributed by atoms with Crippen molar-refractivity contribution in [2.75, 3.05) is 13.1 Å². The van der Waals surface area contributed by atoms with Gasteiger partial charge in [0.05, 0.1) is 5.60 Å². The van der Waals surface area contributed by atoms with Crippen molar-refractivity contribution in [3.8, 4) is 0 Å². The topological polar surface area (TPSA) is 23.5 Å². The van der Waals surface area contributed by atoms with Crippen LogP contribution in [0.2, 0.25) is 0 Å². The van der Waals surface area contributed by atoms with Gasteiger partial charge in [0.25, 0.3) is 0 Å². The molecule has 0 aromatic rings. The molecule has 0 aromatic carbocycles. The van der Waals surface area contributed by atoms with E-state index in [2.05, 4.69) is 39.5 Å². The summed E-state index contributed by atoms with van der Waals surface area (Å²) in [7, 11) is 0. The van der Waals surface area contributed by atoms with Gasteiger partial charge in [-0.3, -0.25) is 4.90 Å². The predicted octanol–water partition coefficient (Wildman–Crippen LogP) is 3.44. The first-order valence-electron chi connectivity index (χ1n) is 6.99. The Balaban J connectivity index is 4.39. The van der Waals surface area contributed by atoms with Crippen LogP contribution in [0.4, 0.5) is 0 Å². The van der Waals surface area contributed by atoms with Crippen molar-refractivity contribution in [2.24, 2.45) is 0 Å². The van der Waals surface area contributed by atoms with Gasteiger partial charge < -0.3 is 5.11 Å². The highest BCUT2D eigenvalue weighted by Crippen LogP contribution is 2.19. The summed E-state index contributed by atoms with van der Waals surface area (Å²) in [5.74, 6) is 0. The Kier molecular flexibility index (Phi) is 8.04. The molecule has 0 heterocycles. The van der Waals surface area contributed by atoms with Crippen molar-refractivity contribution in [1.82, 2.24) is 4.90 Å². The zero-order valence-corrected chi connectivity index (χ0v) is 11.9. The second kappa shape index (κ2) is 8.08. The second-order valence-corrected chi connectivity index (χ2v) is 5.01. The lowest BCUT2D eigenvalue weighted by atomic mass is 9.95. The molecule has 2 heteroatoms. The van der Waals surface area contributed by atoms with Crippen LogP contribution in [0.25, 0.3) is 0 Å². The molecular weight excluding hydrogens is 198 g/mol. The van der Waals surface area contributed by atoms with Crippen LogP contribution >= 0.6 is 0 Å². The molecule has 2 nitrogen and oxygen atoms in total. The number of nitrogens with zero attached hydrogens (tertiary/aromatic N) is 1. The summed E-state index contributed by atoms with van der Waals surface area (Å²) in [5.41, 5.74) is -0.489. The molecule has 0 bridgehead atoms. The fourth-order valence-electron chi connectivity index (χ4n) is 1.93. The molecule has 16 heavy (non-hydrogen) atoms. The lowest BCUT2D eigenvalue weighted by molar-refractivity contribution is -0.0140. The largest absolute Gasteiger partial charge is 0.389 e. The highest BCUT2D eigenvalue weighted by atomic mass is 16.3. The van der Waals surface area contributed by atoms with Crippen molar-refractivity contribution in [1.29, 1.82) is 0 Å². The van der Waals surface area contributed by atoms with E-state index < -0.39 is 5.60 Å². The number of aliphatic hydroxyl groups is 1. The Bertz CT molecular complexity index is 166. The molecule has 0 rings (SSSR count). The van der Waals surface area contributed by atoms with Crippen LogP contribution in [-0.4, -0.2) is 34.7 Å². The molecule has 0 aliphatic heterocycles. The van der Waals surface area contributed by atoms with E-state index in [4.69, 9.17) is 0 Å². The number of hydrogen-bond donors (Lipinski definition) is 1. The Labute approximate surface area is 102 Å². The first-order valence-corrected chi connectivity index (χ1v) is 6.99. The van der Waals surface area contributed by atoms with Crippen LogP contribution in [0.1, 0.15) is 66.7 Å². The molecule has 0 aliphatic carbocycles. The number of unbranched alkanes of at least 4 members (excludes halogenated alkanes) is 1.